The highest BCUT2D eigenvalue weighted by atomic mass is 14.8. The average molecular weight is 259 g/mol. The van der Waals surface area contributed by atoms with Crippen LogP contribution in [0.2, 0.25) is 0 Å². The molecule has 0 aliphatic heterocycles. The third kappa shape index (κ3) is 2.38. The molecule has 4 nitrogen and oxygen atoms in total. The van der Waals surface area contributed by atoms with Crippen molar-refractivity contribution in [2.45, 2.75) is 0 Å². The first-order chi connectivity index (χ1) is 9.86. The van der Waals surface area contributed by atoms with Crippen molar-refractivity contribution in [2.24, 2.45) is 0 Å². The Labute approximate surface area is 116 Å². The molecule has 0 atom stereocenters. The van der Waals surface area contributed by atoms with Gasteiger partial charge in [0, 0.05) is 24.5 Å². The van der Waals surface area contributed by atoms with E-state index in [0.717, 1.165) is 22.5 Å². The maximum Gasteiger partial charge on any atom is 0.385 e. The lowest BCUT2D eigenvalue weighted by atomic mass is 10.0. The van der Waals surface area contributed by atoms with Crippen molar-refractivity contribution in [3.63, 3.8) is 0 Å². The second kappa shape index (κ2) is 5.29. The monoisotopic (exact) mass is 259 g/mol. The predicted octanol–water partition coefficient (Wildman–Crippen LogP) is 4.30. The van der Waals surface area contributed by atoms with E-state index in [-0.39, 0.29) is 0 Å². The molecule has 3 rings (SSSR count). The van der Waals surface area contributed by atoms with E-state index in [4.69, 9.17) is 5.39 Å². The molecule has 94 valence electrons. The van der Waals surface area contributed by atoms with Gasteiger partial charge >= 0.3 is 5.69 Å². The molecule has 3 aromatic rings. The van der Waals surface area contributed by atoms with Crippen LogP contribution in [0.25, 0.3) is 27.5 Å². The minimum Gasteiger partial charge on any atom is -0.255 e. The highest BCUT2D eigenvalue weighted by Crippen LogP contribution is 2.25. The number of nitrogens with zero attached hydrogens (tertiary/aromatic N) is 4. The van der Waals surface area contributed by atoms with Crippen molar-refractivity contribution in [3.05, 3.63) is 72.0 Å². The first-order valence-electron chi connectivity index (χ1n) is 6.20. The molecule has 0 aliphatic carbocycles. The Balaban J connectivity index is 2.01. The van der Waals surface area contributed by atoms with Crippen LogP contribution in [0.5, 0.6) is 0 Å². The van der Waals surface area contributed by atoms with E-state index in [2.05, 4.69) is 14.9 Å². The molecule has 0 radical (unpaired) electrons. The topological polar surface area (TPSA) is 53.9 Å². The van der Waals surface area contributed by atoms with Crippen LogP contribution in [0.1, 0.15) is 0 Å². The maximum absolute atomic E-state index is 8.70. The van der Waals surface area contributed by atoms with Crippen molar-refractivity contribution >= 4 is 5.69 Å². The zero-order valence-electron chi connectivity index (χ0n) is 10.6. The number of pyridine rings is 2. The summed E-state index contributed by atoms with van der Waals surface area (Å²) in [6, 6.07) is 17.0. The van der Waals surface area contributed by atoms with E-state index in [1.807, 2.05) is 42.5 Å². The standard InChI is InChI=1S/C16H11N4/c17-20-14-6-4-12(5-7-14)13-8-10-19-16(11-13)15-3-1-2-9-18-15/h1-11H/q+1. The molecule has 20 heavy (non-hydrogen) atoms. The summed E-state index contributed by atoms with van der Waals surface area (Å²) < 4.78 is 0. The zero-order valence-corrected chi connectivity index (χ0v) is 10.6. The number of hydrogen-bond donors (Lipinski definition) is 0. The Morgan fingerprint density at radius 3 is 2.25 bits per heavy atom. The molecule has 0 fully saturated rings. The highest BCUT2D eigenvalue weighted by Gasteiger charge is 2.06. The molecule has 2 aromatic heterocycles. The Bertz CT molecular complexity index is 758. The van der Waals surface area contributed by atoms with E-state index >= 15 is 0 Å². The third-order valence-corrected chi connectivity index (χ3v) is 3.00. The summed E-state index contributed by atoms with van der Waals surface area (Å²) in [4.78, 5) is 11.8. The molecule has 0 unspecified atom stereocenters. The fourth-order valence-corrected chi connectivity index (χ4v) is 1.99. The lowest BCUT2D eigenvalue weighted by Crippen LogP contribution is -1.87. The molecule has 0 amide bonds. The summed E-state index contributed by atoms with van der Waals surface area (Å²) in [5, 5.41) is 8.70. The number of aromatic nitrogens is 2. The molecule has 4 heteroatoms. The van der Waals surface area contributed by atoms with Crippen LogP contribution in [0.15, 0.2) is 67.0 Å². The highest BCUT2D eigenvalue weighted by molar-refractivity contribution is 5.70. The summed E-state index contributed by atoms with van der Waals surface area (Å²) in [5.74, 6) is 0. The predicted molar refractivity (Wildman–Crippen MR) is 77.6 cm³/mol. The van der Waals surface area contributed by atoms with Gasteiger partial charge < -0.3 is 0 Å². The van der Waals surface area contributed by atoms with Crippen molar-refractivity contribution in [2.75, 3.05) is 0 Å². The number of diazo groups is 1. The van der Waals surface area contributed by atoms with Gasteiger partial charge in [0.1, 0.15) is 0 Å². The molecule has 1 aromatic carbocycles. The van der Waals surface area contributed by atoms with Gasteiger partial charge in [0.25, 0.3) is 0 Å². The molecule has 0 bridgehead atoms. The summed E-state index contributed by atoms with van der Waals surface area (Å²) >= 11 is 0. The van der Waals surface area contributed by atoms with Gasteiger partial charge in [-0.3, -0.25) is 9.97 Å². The van der Waals surface area contributed by atoms with Crippen molar-refractivity contribution in [3.8, 4) is 22.5 Å². The molecular weight excluding hydrogens is 248 g/mol. The van der Waals surface area contributed by atoms with Crippen molar-refractivity contribution < 1.29 is 0 Å². The van der Waals surface area contributed by atoms with Crippen LogP contribution >= 0.6 is 0 Å². The molecule has 0 saturated heterocycles. The first kappa shape index (κ1) is 12.0. The Morgan fingerprint density at radius 2 is 1.55 bits per heavy atom. The quantitative estimate of drug-likeness (QED) is 0.645. The zero-order chi connectivity index (χ0) is 13.8. The van der Waals surface area contributed by atoms with Gasteiger partial charge in [0.2, 0.25) is 5.39 Å². The van der Waals surface area contributed by atoms with Gasteiger partial charge in [-0.05, 0) is 47.5 Å². The van der Waals surface area contributed by atoms with Crippen LogP contribution in [-0.2, 0) is 0 Å². The van der Waals surface area contributed by atoms with Gasteiger partial charge in [-0.1, -0.05) is 6.07 Å². The van der Waals surface area contributed by atoms with E-state index in [1.165, 1.54) is 0 Å². The van der Waals surface area contributed by atoms with Crippen molar-refractivity contribution in [1.82, 2.24) is 9.97 Å². The molecule has 0 N–H and O–H groups in total. The second-order valence-electron chi connectivity index (χ2n) is 4.29. The van der Waals surface area contributed by atoms with Crippen LogP contribution in [0.3, 0.4) is 0 Å². The van der Waals surface area contributed by atoms with Gasteiger partial charge in [0.05, 0.1) is 11.4 Å². The lowest BCUT2D eigenvalue weighted by Gasteiger charge is -2.03. The first-order valence-corrected chi connectivity index (χ1v) is 6.20. The number of rotatable bonds is 2. The van der Waals surface area contributed by atoms with Crippen LogP contribution in [0, 0.1) is 5.39 Å². The fraction of sp³-hybridized carbons (Fsp3) is 0. The minimum absolute atomic E-state index is 0.535. The minimum atomic E-state index is 0.535. The van der Waals surface area contributed by atoms with E-state index < -0.39 is 0 Å². The second-order valence-corrected chi connectivity index (χ2v) is 4.29. The fourth-order valence-electron chi connectivity index (χ4n) is 1.99. The van der Waals surface area contributed by atoms with Crippen LogP contribution in [0.4, 0.5) is 5.69 Å². The third-order valence-electron chi connectivity index (χ3n) is 3.00. The maximum atomic E-state index is 8.70. The number of hydrogen-bond acceptors (Lipinski definition) is 3. The molecule has 2 heterocycles. The largest absolute Gasteiger partial charge is 0.385 e. The normalized spacial score (nSPS) is 9.95. The van der Waals surface area contributed by atoms with Crippen molar-refractivity contribution in [1.29, 1.82) is 5.39 Å². The SMILES string of the molecule is N#[N+]c1ccc(-c2ccnc(-c3ccccn3)c2)cc1. The smallest absolute Gasteiger partial charge is 0.255 e. The Morgan fingerprint density at radius 1 is 0.750 bits per heavy atom. The van der Waals surface area contributed by atoms with E-state index in [1.54, 1.807) is 24.5 Å². The Hall–Kier alpha value is -3.06. The molecule has 0 saturated carbocycles. The van der Waals surface area contributed by atoms with Crippen LogP contribution < -0.4 is 0 Å². The Kier molecular flexibility index (Phi) is 3.17. The lowest BCUT2D eigenvalue weighted by molar-refractivity contribution is 1.25. The summed E-state index contributed by atoms with van der Waals surface area (Å²) in [6.07, 6.45) is 3.52. The summed E-state index contributed by atoms with van der Waals surface area (Å²) in [5.41, 5.74) is 4.30. The molecular formula is C16H11N4+. The molecule has 0 spiro atoms. The van der Waals surface area contributed by atoms with Gasteiger partial charge in [-0.15, -0.1) is 0 Å². The summed E-state index contributed by atoms with van der Waals surface area (Å²) in [7, 11) is 0. The average Bonchev–Trinajstić information content (AvgIpc) is 2.56. The van der Waals surface area contributed by atoms with Gasteiger partial charge in [0.15, 0.2) is 4.98 Å². The number of benzene rings is 1. The van der Waals surface area contributed by atoms with E-state index in [0.29, 0.717) is 5.69 Å². The van der Waals surface area contributed by atoms with Gasteiger partial charge in [-0.2, -0.15) is 0 Å². The molecule has 0 aliphatic rings. The van der Waals surface area contributed by atoms with E-state index in [9.17, 15) is 0 Å². The van der Waals surface area contributed by atoms with Gasteiger partial charge in [-0.25, -0.2) is 0 Å². The van der Waals surface area contributed by atoms with Crippen LogP contribution in [-0.4, -0.2) is 9.97 Å². The summed E-state index contributed by atoms with van der Waals surface area (Å²) in [6.45, 7) is 0.